The van der Waals surface area contributed by atoms with Gasteiger partial charge < -0.3 is 15.1 Å². The summed E-state index contributed by atoms with van der Waals surface area (Å²) in [5, 5.41) is 24.6. The third kappa shape index (κ3) is 3.80. The van der Waals surface area contributed by atoms with E-state index >= 15 is 0 Å². The lowest BCUT2D eigenvalue weighted by atomic mass is 10.0. The van der Waals surface area contributed by atoms with Crippen LogP contribution in [0.4, 0.5) is 0 Å². The van der Waals surface area contributed by atoms with Crippen molar-refractivity contribution in [2.24, 2.45) is 7.05 Å². The van der Waals surface area contributed by atoms with Gasteiger partial charge in [0.25, 0.3) is 0 Å². The maximum Gasteiger partial charge on any atom is 0.118 e. The van der Waals surface area contributed by atoms with E-state index in [4.69, 9.17) is 5.41 Å². The van der Waals surface area contributed by atoms with Gasteiger partial charge in [0.2, 0.25) is 0 Å². The summed E-state index contributed by atoms with van der Waals surface area (Å²) in [5.74, 6) is 0.931. The van der Waals surface area contributed by atoms with E-state index < -0.39 is 0 Å². The molecule has 0 aliphatic carbocycles. The maximum atomic E-state index is 8.70. The summed E-state index contributed by atoms with van der Waals surface area (Å²) in [6.45, 7) is 9.72. The van der Waals surface area contributed by atoms with Gasteiger partial charge in [0.15, 0.2) is 0 Å². The molecule has 1 saturated heterocycles. The lowest BCUT2D eigenvalue weighted by Crippen LogP contribution is -2.46. The Morgan fingerprint density at radius 3 is 2.57 bits per heavy atom. The molecule has 3 N–H and O–H groups in total. The summed E-state index contributed by atoms with van der Waals surface area (Å²) in [6.07, 6.45) is 5.69. The van der Waals surface area contributed by atoms with Crippen LogP contribution in [0.3, 0.4) is 0 Å². The van der Waals surface area contributed by atoms with E-state index in [9.17, 15) is 0 Å². The van der Waals surface area contributed by atoms with Crippen LogP contribution in [-0.2, 0) is 7.05 Å². The van der Waals surface area contributed by atoms with E-state index in [2.05, 4.69) is 43.1 Å². The monoisotopic (exact) mass is 404 g/mol. The van der Waals surface area contributed by atoms with E-state index in [1.165, 1.54) is 0 Å². The lowest BCUT2D eigenvalue weighted by molar-refractivity contribution is 0.186. The van der Waals surface area contributed by atoms with Gasteiger partial charge in [-0.3, -0.25) is 15.2 Å². The Kier molecular flexibility index (Phi) is 5.31. The molecule has 0 atom stereocenters. The number of H-pyrrole nitrogens is 1. The van der Waals surface area contributed by atoms with Crippen molar-refractivity contribution in [2.75, 3.05) is 33.2 Å². The van der Waals surface area contributed by atoms with Crippen LogP contribution in [0.15, 0.2) is 54.8 Å². The highest BCUT2D eigenvalue weighted by atomic mass is 15.3. The second-order valence-electron chi connectivity index (χ2n) is 7.64. The summed E-state index contributed by atoms with van der Waals surface area (Å²) in [4.78, 5) is 4.56. The first-order valence-electron chi connectivity index (χ1n) is 10.1. The number of aryl methyl sites for hydroxylation is 1. The van der Waals surface area contributed by atoms with Gasteiger partial charge >= 0.3 is 0 Å². The zero-order chi connectivity index (χ0) is 21.3. The molecule has 0 unspecified atom stereocenters. The summed E-state index contributed by atoms with van der Waals surface area (Å²) >= 11 is 0. The van der Waals surface area contributed by atoms with Crippen LogP contribution in [0.25, 0.3) is 22.0 Å². The van der Waals surface area contributed by atoms with E-state index in [1.807, 2.05) is 51.6 Å². The molecule has 3 aromatic rings. The first kappa shape index (κ1) is 19.8. The lowest BCUT2D eigenvalue weighted by Gasteiger charge is -2.38. The van der Waals surface area contributed by atoms with E-state index in [1.54, 1.807) is 4.68 Å². The Morgan fingerprint density at radius 2 is 1.93 bits per heavy atom. The largest absolute Gasteiger partial charge is 0.375 e. The predicted molar refractivity (Wildman–Crippen MR) is 120 cm³/mol. The van der Waals surface area contributed by atoms with Crippen LogP contribution < -0.4 is 5.32 Å². The Bertz CT molecular complexity index is 1110. The standard InChI is InChI=1S/C22H28N8/c1-15(2)29-7-9-30(10-8-29)21(24-3)12-19(23)22-18-11-16(5-6-20(18)26-27-22)17-13-25-28(4)14-17/h5-6,11-14,23-24H,1,7-10H2,2-4H3,(H,26,27)/b21-12+,23-19?. The van der Waals surface area contributed by atoms with Crippen molar-refractivity contribution in [3.63, 3.8) is 0 Å². The number of hydrogen-bond acceptors (Lipinski definition) is 6. The first-order valence-corrected chi connectivity index (χ1v) is 10.1. The second-order valence-corrected chi connectivity index (χ2v) is 7.64. The van der Waals surface area contributed by atoms with Gasteiger partial charge in [0, 0.05) is 69.2 Å². The third-order valence-electron chi connectivity index (χ3n) is 5.55. The normalized spacial score (nSPS) is 15.0. The van der Waals surface area contributed by atoms with Crippen molar-refractivity contribution in [3.05, 3.63) is 60.5 Å². The minimum absolute atomic E-state index is 0.372. The Hall–Kier alpha value is -3.55. The first-order chi connectivity index (χ1) is 14.5. The number of rotatable bonds is 6. The highest BCUT2D eigenvalue weighted by Gasteiger charge is 2.19. The average Bonchev–Trinajstić information content (AvgIpc) is 3.37. The summed E-state index contributed by atoms with van der Waals surface area (Å²) in [5.41, 5.74) is 5.13. The molecule has 2 aromatic heterocycles. The number of fused-ring (bicyclic) bond motifs is 1. The maximum absolute atomic E-state index is 8.70. The Labute approximate surface area is 176 Å². The van der Waals surface area contributed by atoms with Crippen LogP contribution in [0.2, 0.25) is 0 Å². The van der Waals surface area contributed by atoms with Crippen molar-refractivity contribution < 1.29 is 0 Å². The van der Waals surface area contributed by atoms with Crippen LogP contribution >= 0.6 is 0 Å². The fraction of sp³-hybridized carbons (Fsp3) is 0.318. The topological polar surface area (TPSA) is 88.9 Å². The molecule has 0 amide bonds. The van der Waals surface area contributed by atoms with E-state index in [0.29, 0.717) is 11.4 Å². The molecule has 0 saturated carbocycles. The summed E-state index contributed by atoms with van der Waals surface area (Å²) in [6, 6.07) is 6.11. The molecule has 8 nitrogen and oxygen atoms in total. The van der Waals surface area contributed by atoms with Gasteiger partial charge in [-0.2, -0.15) is 10.2 Å². The molecule has 0 spiro atoms. The highest BCUT2D eigenvalue weighted by molar-refractivity contribution is 6.13. The van der Waals surface area contributed by atoms with Crippen LogP contribution in [0.5, 0.6) is 0 Å². The molecular weight excluding hydrogens is 376 g/mol. The quantitative estimate of drug-likeness (QED) is 0.550. The molecule has 30 heavy (non-hydrogen) atoms. The average molecular weight is 405 g/mol. The minimum Gasteiger partial charge on any atom is -0.375 e. The van der Waals surface area contributed by atoms with Crippen molar-refractivity contribution in [2.45, 2.75) is 6.92 Å². The number of nitrogens with zero attached hydrogens (tertiary/aromatic N) is 5. The second kappa shape index (κ2) is 8.06. The number of aromatic amines is 1. The van der Waals surface area contributed by atoms with Crippen LogP contribution in [0, 0.1) is 5.41 Å². The fourth-order valence-corrected chi connectivity index (χ4v) is 3.82. The molecule has 8 heteroatoms. The van der Waals surface area contributed by atoms with Crippen molar-refractivity contribution >= 4 is 16.6 Å². The van der Waals surface area contributed by atoms with Gasteiger partial charge in [-0.05, 0) is 24.6 Å². The van der Waals surface area contributed by atoms with Gasteiger partial charge in [-0.1, -0.05) is 12.6 Å². The SMILES string of the molecule is C=C(C)N1CCN(/C(=C/C(=N)c2n[nH]c3ccc(-c4cnn(C)c4)cc23)NC)CC1. The van der Waals surface area contributed by atoms with Crippen molar-refractivity contribution in [3.8, 4) is 11.1 Å². The fourth-order valence-electron chi connectivity index (χ4n) is 3.82. The Morgan fingerprint density at radius 1 is 1.20 bits per heavy atom. The minimum atomic E-state index is 0.372. The molecule has 1 aliphatic heterocycles. The Balaban J connectivity index is 1.59. The smallest absolute Gasteiger partial charge is 0.118 e. The van der Waals surface area contributed by atoms with E-state index in [0.717, 1.165) is 59.7 Å². The van der Waals surface area contributed by atoms with Gasteiger partial charge in [0.05, 0.1) is 17.4 Å². The molecular formula is C22H28N8. The van der Waals surface area contributed by atoms with Gasteiger partial charge in [-0.25, -0.2) is 0 Å². The molecule has 156 valence electrons. The van der Waals surface area contributed by atoms with Crippen molar-refractivity contribution in [1.82, 2.24) is 35.1 Å². The van der Waals surface area contributed by atoms with Crippen LogP contribution in [0.1, 0.15) is 12.6 Å². The molecule has 0 bridgehead atoms. The van der Waals surface area contributed by atoms with Crippen molar-refractivity contribution in [1.29, 1.82) is 5.41 Å². The number of benzene rings is 1. The van der Waals surface area contributed by atoms with Gasteiger partial charge in [0.1, 0.15) is 11.5 Å². The molecule has 0 radical (unpaired) electrons. The molecule has 3 heterocycles. The van der Waals surface area contributed by atoms with E-state index in [-0.39, 0.29) is 0 Å². The number of nitrogens with one attached hydrogen (secondary N) is 3. The zero-order valence-corrected chi connectivity index (χ0v) is 17.7. The molecule has 1 fully saturated rings. The number of allylic oxidation sites excluding steroid dienone is 2. The summed E-state index contributed by atoms with van der Waals surface area (Å²) in [7, 11) is 3.80. The molecule has 4 rings (SSSR count). The zero-order valence-electron chi connectivity index (χ0n) is 17.7. The molecule has 1 aromatic carbocycles. The predicted octanol–water partition coefficient (Wildman–Crippen LogP) is 2.54. The molecule has 1 aliphatic rings. The van der Waals surface area contributed by atoms with Gasteiger partial charge in [-0.15, -0.1) is 0 Å². The number of aromatic nitrogens is 4. The number of hydrogen-bond donors (Lipinski definition) is 3. The number of piperazine rings is 1. The van der Waals surface area contributed by atoms with Crippen LogP contribution in [-0.4, -0.2) is 68.7 Å². The highest BCUT2D eigenvalue weighted by Crippen LogP contribution is 2.25. The third-order valence-corrected chi connectivity index (χ3v) is 5.55. The summed E-state index contributed by atoms with van der Waals surface area (Å²) < 4.78 is 1.79.